The highest BCUT2D eigenvalue weighted by atomic mass is 32.2. The van der Waals surface area contributed by atoms with Gasteiger partial charge in [-0.05, 0) is 30.7 Å². The number of fused-ring (bicyclic) bond motifs is 1. The summed E-state index contributed by atoms with van der Waals surface area (Å²) in [7, 11) is -3.60. The van der Waals surface area contributed by atoms with Gasteiger partial charge in [-0.15, -0.1) is 0 Å². The van der Waals surface area contributed by atoms with Crippen molar-refractivity contribution in [3.05, 3.63) is 59.0 Å². The molecule has 2 aromatic carbocycles. The Hall–Kier alpha value is -2.47. The Balaban J connectivity index is 1.74. The van der Waals surface area contributed by atoms with E-state index in [9.17, 15) is 8.42 Å². The maximum Gasteiger partial charge on any atom is 0.255 e. The zero-order valence-corrected chi connectivity index (χ0v) is 13.5. The van der Waals surface area contributed by atoms with Crippen LogP contribution in [0, 0.1) is 6.92 Å². The van der Waals surface area contributed by atoms with Crippen LogP contribution < -0.4 is 14.2 Å². The molecule has 6 heteroatoms. The van der Waals surface area contributed by atoms with Gasteiger partial charge in [-0.1, -0.05) is 29.8 Å². The molecular weight excluding hydrogens is 314 g/mol. The molecule has 0 radical (unpaired) electrons. The summed E-state index contributed by atoms with van der Waals surface area (Å²) >= 11 is 0. The average molecular weight is 331 g/mol. The average Bonchev–Trinajstić information content (AvgIpc) is 2.54. The first-order chi connectivity index (χ1) is 11.0. The van der Waals surface area contributed by atoms with E-state index in [0.717, 1.165) is 16.5 Å². The van der Waals surface area contributed by atoms with Gasteiger partial charge in [0.1, 0.15) is 13.2 Å². The third-order valence-electron chi connectivity index (χ3n) is 3.32. The van der Waals surface area contributed by atoms with Gasteiger partial charge >= 0.3 is 0 Å². The lowest BCUT2D eigenvalue weighted by Crippen LogP contribution is -2.16. The molecule has 0 bridgehead atoms. The van der Waals surface area contributed by atoms with Gasteiger partial charge in [0.25, 0.3) is 10.0 Å². The highest BCUT2D eigenvalue weighted by Gasteiger charge is 2.13. The second-order valence-corrected chi connectivity index (χ2v) is 6.79. The molecule has 0 atom stereocenters. The summed E-state index contributed by atoms with van der Waals surface area (Å²) in [6.45, 7) is 2.93. The second-order valence-electron chi connectivity index (χ2n) is 5.22. The molecule has 0 saturated heterocycles. The summed E-state index contributed by atoms with van der Waals surface area (Å²) in [4.78, 5) is 0. The zero-order valence-electron chi connectivity index (χ0n) is 12.7. The SMILES string of the molecule is Cc1ccc(/C=C/S(=O)(=O)Nc2ccc3c(c2)OCCO3)cc1. The number of ether oxygens (including phenoxy) is 2. The smallest absolute Gasteiger partial charge is 0.255 e. The summed E-state index contributed by atoms with van der Waals surface area (Å²) < 4.78 is 37.6. The summed E-state index contributed by atoms with van der Waals surface area (Å²) in [5.74, 6) is 1.16. The van der Waals surface area contributed by atoms with E-state index in [4.69, 9.17) is 9.47 Å². The van der Waals surface area contributed by atoms with Crippen LogP contribution in [0.3, 0.4) is 0 Å². The Bertz CT molecular complexity index is 826. The molecule has 2 aromatic rings. The van der Waals surface area contributed by atoms with Crippen molar-refractivity contribution in [2.45, 2.75) is 6.92 Å². The molecule has 3 rings (SSSR count). The van der Waals surface area contributed by atoms with Crippen molar-refractivity contribution in [2.24, 2.45) is 0 Å². The molecule has 0 unspecified atom stereocenters. The molecule has 1 heterocycles. The van der Waals surface area contributed by atoms with Gasteiger partial charge in [0.15, 0.2) is 11.5 Å². The van der Waals surface area contributed by atoms with E-state index in [1.54, 1.807) is 24.3 Å². The van der Waals surface area contributed by atoms with Gasteiger partial charge < -0.3 is 9.47 Å². The van der Waals surface area contributed by atoms with Crippen LogP contribution >= 0.6 is 0 Å². The Morgan fingerprint density at radius 1 is 1.00 bits per heavy atom. The molecule has 0 saturated carbocycles. The van der Waals surface area contributed by atoms with Crippen molar-refractivity contribution in [1.82, 2.24) is 0 Å². The third-order valence-corrected chi connectivity index (χ3v) is 4.33. The minimum Gasteiger partial charge on any atom is -0.486 e. The first kappa shape index (κ1) is 15.4. The first-order valence-electron chi connectivity index (χ1n) is 7.19. The van der Waals surface area contributed by atoms with Crippen LogP contribution in [-0.4, -0.2) is 21.6 Å². The van der Waals surface area contributed by atoms with E-state index in [2.05, 4.69) is 4.72 Å². The number of nitrogens with one attached hydrogen (secondary N) is 1. The Kier molecular flexibility index (Phi) is 4.25. The number of hydrogen-bond acceptors (Lipinski definition) is 4. The Morgan fingerprint density at radius 3 is 2.43 bits per heavy atom. The molecule has 1 aliphatic rings. The summed E-state index contributed by atoms with van der Waals surface area (Å²) in [6.07, 6.45) is 1.56. The Morgan fingerprint density at radius 2 is 1.70 bits per heavy atom. The normalized spacial score (nSPS) is 14.0. The van der Waals surface area contributed by atoms with Gasteiger partial charge in [0.2, 0.25) is 0 Å². The van der Waals surface area contributed by atoms with E-state index in [0.29, 0.717) is 30.4 Å². The van der Waals surface area contributed by atoms with Crippen molar-refractivity contribution < 1.29 is 17.9 Å². The fraction of sp³-hybridized carbons (Fsp3) is 0.176. The van der Waals surface area contributed by atoms with Gasteiger partial charge in [-0.2, -0.15) is 0 Å². The highest BCUT2D eigenvalue weighted by Crippen LogP contribution is 2.32. The number of sulfonamides is 1. The molecule has 120 valence electrons. The lowest BCUT2D eigenvalue weighted by atomic mass is 10.2. The number of hydrogen-bond donors (Lipinski definition) is 1. The standard InChI is InChI=1S/C17H17NO4S/c1-13-2-4-14(5-3-13)8-11-23(19,20)18-15-6-7-16-17(12-15)22-10-9-21-16/h2-8,11-12,18H,9-10H2,1H3/b11-8+. The van der Waals surface area contributed by atoms with Gasteiger partial charge in [0, 0.05) is 6.07 Å². The zero-order chi connectivity index (χ0) is 16.3. The van der Waals surface area contributed by atoms with E-state index >= 15 is 0 Å². The summed E-state index contributed by atoms with van der Waals surface area (Å²) in [5, 5.41) is 1.15. The number of anilines is 1. The fourth-order valence-corrected chi connectivity index (χ4v) is 3.01. The van der Waals surface area contributed by atoms with Crippen molar-refractivity contribution in [3.63, 3.8) is 0 Å². The molecule has 23 heavy (non-hydrogen) atoms. The molecule has 0 aromatic heterocycles. The molecular formula is C17H17NO4S. The maximum absolute atomic E-state index is 12.1. The summed E-state index contributed by atoms with van der Waals surface area (Å²) in [6, 6.07) is 12.5. The molecule has 0 amide bonds. The lowest BCUT2D eigenvalue weighted by Gasteiger charge is -2.18. The van der Waals surface area contributed by atoms with Gasteiger partial charge in [-0.3, -0.25) is 4.72 Å². The van der Waals surface area contributed by atoms with Crippen LogP contribution in [-0.2, 0) is 10.0 Å². The minimum atomic E-state index is -3.60. The van der Waals surface area contributed by atoms with Crippen molar-refractivity contribution in [3.8, 4) is 11.5 Å². The van der Waals surface area contributed by atoms with E-state index < -0.39 is 10.0 Å². The van der Waals surface area contributed by atoms with Crippen LogP contribution in [0.2, 0.25) is 0 Å². The number of benzene rings is 2. The molecule has 1 N–H and O–H groups in total. The molecule has 1 aliphatic heterocycles. The van der Waals surface area contributed by atoms with Crippen LogP contribution in [0.15, 0.2) is 47.9 Å². The first-order valence-corrected chi connectivity index (χ1v) is 8.74. The van der Waals surface area contributed by atoms with Crippen molar-refractivity contribution in [1.29, 1.82) is 0 Å². The van der Waals surface area contributed by atoms with E-state index in [1.165, 1.54) is 0 Å². The predicted octanol–water partition coefficient (Wildman–Crippen LogP) is 3.18. The number of aryl methyl sites for hydroxylation is 1. The molecule has 0 fully saturated rings. The monoisotopic (exact) mass is 331 g/mol. The topological polar surface area (TPSA) is 64.6 Å². The molecule has 0 aliphatic carbocycles. The largest absolute Gasteiger partial charge is 0.486 e. The van der Waals surface area contributed by atoms with Crippen molar-refractivity contribution in [2.75, 3.05) is 17.9 Å². The fourth-order valence-electron chi connectivity index (χ4n) is 2.15. The van der Waals surface area contributed by atoms with Gasteiger partial charge in [0.05, 0.1) is 11.1 Å². The van der Waals surface area contributed by atoms with E-state index in [-0.39, 0.29) is 0 Å². The lowest BCUT2D eigenvalue weighted by molar-refractivity contribution is 0.171. The minimum absolute atomic E-state index is 0.433. The second kappa shape index (κ2) is 6.34. The van der Waals surface area contributed by atoms with Crippen molar-refractivity contribution >= 4 is 21.8 Å². The van der Waals surface area contributed by atoms with Gasteiger partial charge in [-0.25, -0.2) is 8.42 Å². The molecule has 5 nitrogen and oxygen atoms in total. The maximum atomic E-state index is 12.1. The van der Waals surface area contributed by atoms with Crippen LogP contribution in [0.5, 0.6) is 11.5 Å². The van der Waals surface area contributed by atoms with Crippen LogP contribution in [0.25, 0.3) is 6.08 Å². The Labute approximate surface area is 135 Å². The molecule has 0 spiro atoms. The van der Waals surface area contributed by atoms with E-state index in [1.807, 2.05) is 31.2 Å². The quantitative estimate of drug-likeness (QED) is 0.934. The van der Waals surface area contributed by atoms with Crippen LogP contribution in [0.1, 0.15) is 11.1 Å². The van der Waals surface area contributed by atoms with Crippen LogP contribution in [0.4, 0.5) is 5.69 Å². The third kappa shape index (κ3) is 4.04. The highest BCUT2D eigenvalue weighted by molar-refractivity contribution is 7.95. The summed E-state index contributed by atoms with van der Waals surface area (Å²) in [5.41, 5.74) is 2.38. The number of rotatable bonds is 4. The predicted molar refractivity (Wildman–Crippen MR) is 90.2 cm³/mol.